The molecule has 0 aliphatic heterocycles. The van der Waals surface area contributed by atoms with Gasteiger partial charge in [0.1, 0.15) is 6.61 Å². The predicted molar refractivity (Wildman–Crippen MR) is 61.9 cm³/mol. The van der Waals surface area contributed by atoms with Crippen molar-refractivity contribution < 1.29 is 9.53 Å². The minimum Gasteiger partial charge on any atom is -0.445 e. The maximum Gasteiger partial charge on any atom is 0.407 e. The highest BCUT2D eigenvalue weighted by molar-refractivity contribution is 5.67. The van der Waals surface area contributed by atoms with E-state index in [0.717, 1.165) is 18.4 Å². The predicted octanol–water partition coefficient (Wildman–Crippen LogP) is 2.22. The van der Waals surface area contributed by atoms with Gasteiger partial charge >= 0.3 is 6.09 Å². The fraction of sp³-hybridized carbons (Fsp3) is 0.385. The maximum absolute atomic E-state index is 11.4. The SMILES string of the molecule is N#CC1(CNC(=O)OCc2ccccc2)CC1. The Kier molecular flexibility index (Phi) is 3.29. The minimum absolute atomic E-state index is 0.256. The fourth-order valence-corrected chi connectivity index (χ4v) is 1.49. The normalized spacial score (nSPS) is 15.7. The molecule has 0 bridgehead atoms. The first-order valence-corrected chi connectivity index (χ1v) is 5.60. The van der Waals surface area contributed by atoms with Gasteiger partial charge < -0.3 is 10.1 Å². The van der Waals surface area contributed by atoms with Crippen LogP contribution in [-0.2, 0) is 11.3 Å². The van der Waals surface area contributed by atoms with E-state index >= 15 is 0 Å². The summed E-state index contributed by atoms with van der Waals surface area (Å²) in [5, 5.41) is 11.5. The van der Waals surface area contributed by atoms with Crippen LogP contribution in [0.5, 0.6) is 0 Å². The number of nitrogens with one attached hydrogen (secondary N) is 1. The Balaban J connectivity index is 1.70. The van der Waals surface area contributed by atoms with Gasteiger partial charge in [-0.2, -0.15) is 5.26 Å². The zero-order chi connectivity index (χ0) is 12.1. The smallest absolute Gasteiger partial charge is 0.407 e. The van der Waals surface area contributed by atoms with Crippen LogP contribution in [0.25, 0.3) is 0 Å². The van der Waals surface area contributed by atoms with Gasteiger partial charge in [-0.05, 0) is 18.4 Å². The molecule has 88 valence electrons. The highest BCUT2D eigenvalue weighted by Gasteiger charge is 2.43. The molecule has 1 saturated carbocycles. The van der Waals surface area contributed by atoms with Gasteiger partial charge in [-0.25, -0.2) is 4.79 Å². The number of carbonyl (C=O) groups excluding carboxylic acids is 1. The molecule has 4 nitrogen and oxygen atoms in total. The van der Waals surface area contributed by atoms with Crippen molar-refractivity contribution in [1.29, 1.82) is 5.26 Å². The Bertz CT molecular complexity index is 432. The van der Waals surface area contributed by atoms with Crippen molar-refractivity contribution in [2.24, 2.45) is 5.41 Å². The lowest BCUT2D eigenvalue weighted by molar-refractivity contribution is 0.138. The van der Waals surface area contributed by atoms with Crippen LogP contribution in [0.1, 0.15) is 18.4 Å². The van der Waals surface area contributed by atoms with Crippen molar-refractivity contribution in [3.8, 4) is 6.07 Å². The monoisotopic (exact) mass is 230 g/mol. The lowest BCUT2D eigenvalue weighted by Gasteiger charge is -2.09. The van der Waals surface area contributed by atoms with Gasteiger partial charge in [0.15, 0.2) is 0 Å². The van der Waals surface area contributed by atoms with Crippen molar-refractivity contribution in [3.05, 3.63) is 35.9 Å². The molecule has 4 heteroatoms. The zero-order valence-electron chi connectivity index (χ0n) is 9.48. The molecule has 1 amide bonds. The summed E-state index contributed by atoms with van der Waals surface area (Å²) in [6.45, 7) is 0.642. The number of amides is 1. The molecule has 0 heterocycles. The summed E-state index contributed by atoms with van der Waals surface area (Å²) in [4.78, 5) is 11.4. The van der Waals surface area contributed by atoms with Gasteiger partial charge in [0, 0.05) is 6.54 Å². The van der Waals surface area contributed by atoms with Crippen LogP contribution in [0.15, 0.2) is 30.3 Å². The molecule has 0 unspecified atom stereocenters. The summed E-state index contributed by atoms with van der Waals surface area (Å²) < 4.78 is 5.04. The van der Waals surface area contributed by atoms with Crippen LogP contribution < -0.4 is 5.32 Å². The molecule has 1 aliphatic rings. The van der Waals surface area contributed by atoms with E-state index < -0.39 is 6.09 Å². The van der Waals surface area contributed by atoms with Crippen LogP contribution in [0.2, 0.25) is 0 Å². The van der Waals surface area contributed by atoms with Crippen LogP contribution >= 0.6 is 0 Å². The molecule has 0 atom stereocenters. The molecule has 1 aliphatic carbocycles. The standard InChI is InChI=1S/C13H14N2O2/c14-9-13(6-7-13)10-15-12(16)17-8-11-4-2-1-3-5-11/h1-5H,6-8,10H2,(H,15,16). The van der Waals surface area contributed by atoms with Gasteiger partial charge in [0.2, 0.25) is 0 Å². The van der Waals surface area contributed by atoms with Crippen molar-refractivity contribution >= 4 is 6.09 Å². The van der Waals surface area contributed by atoms with Crippen LogP contribution in [0.4, 0.5) is 4.79 Å². The molecule has 2 rings (SSSR count). The van der Waals surface area contributed by atoms with Gasteiger partial charge in [0.05, 0.1) is 11.5 Å². The number of nitrogens with zero attached hydrogens (tertiary/aromatic N) is 1. The van der Waals surface area contributed by atoms with Crippen molar-refractivity contribution in [2.45, 2.75) is 19.4 Å². The number of nitriles is 1. The first kappa shape index (κ1) is 11.5. The minimum atomic E-state index is -0.463. The lowest BCUT2D eigenvalue weighted by atomic mass is 10.1. The lowest BCUT2D eigenvalue weighted by Crippen LogP contribution is -2.30. The number of benzene rings is 1. The van der Waals surface area contributed by atoms with E-state index in [1.54, 1.807) is 0 Å². The van der Waals surface area contributed by atoms with Gasteiger partial charge in [-0.3, -0.25) is 0 Å². The third-order valence-electron chi connectivity index (χ3n) is 2.87. The van der Waals surface area contributed by atoms with E-state index in [9.17, 15) is 4.79 Å². The summed E-state index contributed by atoms with van der Waals surface area (Å²) in [6.07, 6.45) is 1.26. The van der Waals surface area contributed by atoms with E-state index in [2.05, 4.69) is 11.4 Å². The van der Waals surface area contributed by atoms with Gasteiger partial charge in [0.25, 0.3) is 0 Å². The average Bonchev–Trinajstić information content (AvgIpc) is 3.16. The van der Waals surface area contributed by atoms with Crippen LogP contribution in [0.3, 0.4) is 0 Å². The van der Waals surface area contributed by atoms with Crippen LogP contribution in [-0.4, -0.2) is 12.6 Å². The molecule has 0 radical (unpaired) electrons. The summed E-state index contributed by atoms with van der Waals surface area (Å²) in [6, 6.07) is 11.7. The average molecular weight is 230 g/mol. The highest BCUT2D eigenvalue weighted by atomic mass is 16.5. The van der Waals surface area contributed by atoms with Crippen molar-refractivity contribution in [1.82, 2.24) is 5.32 Å². The quantitative estimate of drug-likeness (QED) is 0.862. The molecule has 0 aromatic heterocycles. The first-order chi connectivity index (χ1) is 8.24. The number of hydrogen-bond donors (Lipinski definition) is 1. The molecule has 1 N–H and O–H groups in total. The first-order valence-electron chi connectivity index (χ1n) is 5.60. The number of ether oxygens (including phenoxy) is 1. The second-order valence-corrected chi connectivity index (χ2v) is 4.31. The molecular weight excluding hydrogens is 216 g/mol. The number of rotatable bonds is 4. The Labute approximate surface area is 100 Å². The Hall–Kier alpha value is -2.02. The Morgan fingerprint density at radius 2 is 2.12 bits per heavy atom. The van der Waals surface area contributed by atoms with E-state index in [4.69, 9.17) is 10.00 Å². The van der Waals surface area contributed by atoms with E-state index in [1.807, 2.05) is 30.3 Å². The van der Waals surface area contributed by atoms with Gasteiger partial charge in [-0.1, -0.05) is 30.3 Å². The Morgan fingerprint density at radius 1 is 1.41 bits per heavy atom. The number of alkyl carbamates (subject to hydrolysis) is 1. The molecular formula is C13H14N2O2. The largest absolute Gasteiger partial charge is 0.445 e. The van der Waals surface area contributed by atoms with Crippen molar-refractivity contribution in [3.63, 3.8) is 0 Å². The molecule has 1 aromatic carbocycles. The van der Waals surface area contributed by atoms with Gasteiger partial charge in [-0.15, -0.1) is 0 Å². The topological polar surface area (TPSA) is 62.1 Å². The van der Waals surface area contributed by atoms with E-state index in [0.29, 0.717) is 6.54 Å². The second kappa shape index (κ2) is 4.88. The fourth-order valence-electron chi connectivity index (χ4n) is 1.49. The number of hydrogen-bond acceptors (Lipinski definition) is 3. The molecule has 1 aromatic rings. The molecule has 0 spiro atoms. The Morgan fingerprint density at radius 3 is 2.71 bits per heavy atom. The molecule has 0 saturated heterocycles. The molecule has 17 heavy (non-hydrogen) atoms. The summed E-state index contributed by atoms with van der Waals surface area (Å²) >= 11 is 0. The van der Waals surface area contributed by atoms with E-state index in [-0.39, 0.29) is 12.0 Å². The second-order valence-electron chi connectivity index (χ2n) is 4.31. The van der Waals surface area contributed by atoms with Crippen molar-refractivity contribution in [2.75, 3.05) is 6.54 Å². The van der Waals surface area contributed by atoms with Crippen LogP contribution in [0, 0.1) is 16.7 Å². The van der Waals surface area contributed by atoms with E-state index in [1.165, 1.54) is 0 Å². The molecule has 1 fully saturated rings. The summed E-state index contributed by atoms with van der Waals surface area (Å²) in [5.41, 5.74) is 0.621. The third kappa shape index (κ3) is 3.22. The zero-order valence-corrected chi connectivity index (χ0v) is 9.48. The number of carbonyl (C=O) groups is 1. The maximum atomic E-state index is 11.4. The third-order valence-corrected chi connectivity index (χ3v) is 2.87. The highest BCUT2D eigenvalue weighted by Crippen LogP contribution is 2.43. The summed E-state index contributed by atoms with van der Waals surface area (Å²) in [7, 11) is 0. The summed E-state index contributed by atoms with van der Waals surface area (Å²) in [5.74, 6) is 0.